The van der Waals surface area contributed by atoms with Gasteiger partial charge in [-0.15, -0.1) is 10.1 Å². The summed E-state index contributed by atoms with van der Waals surface area (Å²) in [4.78, 5) is 46.4. The Morgan fingerprint density at radius 2 is 1.77 bits per heavy atom. The molecule has 0 saturated carbocycles. The summed E-state index contributed by atoms with van der Waals surface area (Å²) in [7, 11) is 0. The molecule has 2 fully saturated rings. The molecule has 4 rings (SSSR count). The molecule has 14 nitrogen and oxygen atoms in total. The number of benzene rings is 1. The third-order valence-corrected chi connectivity index (χ3v) is 6.28. The highest BCUT2D eigenvalue weighted by Gasteiger charge is 2.34. The number of anilines is 2. The van der Waals surface area contributed by atoms with E-state index in [0.717, 1.165) is 5.69 Å². The topological polar surface area (TPSA) is 144 Å². The Balaban J connectivity index is 1.40. The molecule has 3 amide bonds. The van der Waals surface area contributed by atoms with Gasteiger partial charge in [-0.2, -0.15) is 0 Å². The molecule has 0 bridgehead atoms. The molecular weight excluding hydrogens is 563 g/mol. The Labute approximate surface area is 249 Å². The number of carbonyl (C=O) groups excluding carboxylic acids is 3. The number of ether oxygens (including phenoxy) is 3. The van der Waals surface area contributed by atoms with Crippen molar-refractivity contribution in [3.63, 3.8) is 0 Å². The number of hydrogen-bond donors (Lipinski definition) is 1. The normalized spacial score (nSPS) is 18.0. The Kier molecular flexibility index (Phi) is 9.11. The third-order valence-electron chi connectivity index (χ3n) is 6.28. The second-order valence-electron chi connectivity index (χ2n) is 12.4. The van der Waals surface area contributed by atoms with Crippen molar-refractivity contribution >= 4 is 35.6 Å². The molecule has 1 N–H and O–H groups in total. The molecule has 3 heterocycles. The smallest absolute Gasteiger partial charge is 0.437 e. The van der Waals surface area contributed by atoms with Gasteiger partial charge in [-0.05, 0) is 66.7 Å². The minimum absolute atomic E-state index is 0.0119. The Bertz CT molecular complexity index is 1370. The van der Waals surface area contributed by atoms with Crippen LogP contribution in [0.25, 0.3) is 0 Å². The van der Waals surface area contributed by atoms with Crippen molar-refractivity contribution in [2.45, 2.75) is 72.3 Å². The van der Waals surface area contributed by atoms with E-state index in [0.29, 0.717) is 44.1 Å². The number of amides is 3. The van der Waals surface area contributed by atoms with E-state index in [2.05, 4.69) is 20.6 Å². The molecular formula is C28H39FN8O6. The Morgan fingerprint density at radius 3 is 2.35 bits per heavy atom. The molecule has 1 aromatic heterocycles. The van der Waals surface area contributed by atoms with Crippen LogP contribution in [0.1, 0.15) is 47.2 Å². The maximum atomic E-state index is 15.4. The third kappa shape index (κ3) is 8.78. The molecule has 0 unspecified atom stereocenters. The molecule has 1 atom stereocenters. The van der Waals surface area contributed by atoms with Crippen molar-refractivity contribution in [2.24, 2.45) is 4.99 Å². The number of nitrogens with zero attached hydrogens (tertiary/aromatic N) is 7. The summed E-state index contributed by atoms with van der Waals surface area (Å²) in [6.07, 6.45) is -0.878. The van der Waals surface area contributed by atoms with Gasteiger partial charge in [0.1, 0.15) is 23.1 Å². The Hall–Kier alpha value is -4.43. The van der Waals surface area contributed by atoms with E-state index in [1.165, 1.54) is 11.0 Å². The van der Waals surface area contributed by atoms with Gasteiger partial charge in [0.2, 0.25) is 5.96 Å². The number of halogens is 1. The van der Waals surface area contributed by atoms with Crippen LogP contribution in [0.15, 0.2) is 29.4 Å². The van der Waals surface area contributed by atoms with Gasteiger partial charge in [0, 0.05) is 32.4 Å². The van der Waals surface area contributed by atoms with Gasteiger partial charge in [-0.1, -0.05) is 5.21 Å². The van der Waals surface area contributed by atoms with E-state index in [1.54, 1.807) is 69.5 Å². The molecule has 43 heavy (non-hydrogen) atoms. The number of guanidine groups is 1. The van der Waals surface area contributed by atoms with Crippen LogP contribution in [-0.2, 0) is 20.8 Å². The van der Waals surface area contributed by atoms with Crippen molar-refractivity contribution in [2.75, 3.05) is 42.5 Å². The lowest BCUT2D eigenvalue weighted by molar-refractivity contribution is 0.0554. The second-order valence-corrected chi connectivity index (χ2v) is 12.4. The number of alkyl carbamates (subject to hydrolysis) is 1. The molecule has 0 aliphatic carbocycles. The predicted octanol–water partition coefficient (Wildman–Crippen LogP) is 3.69. The highest BCUT2D eigenvalue weighted by Crippen LogP contribution is 2.29. The first kappa shape index (κ1) is 31.5. The summed E-state index contributed by atoms with van der Waals surface area (Å²) >= 11 is 0. The van der Waals surface area contributed by atoms with Crippen LogP contribution in [0, 0.1) is 12.7 Å². The number of hydrogen-bond acceptors (Lipinski definition) is 9. The lowest BCUT2D eigenvalue weighted by Crippen LogP contribution is -2.54. The highest BCUT2D eigenvalue weighted by molar-refractivity contribution is 5.99. The van der Waals surface area contributed by atoms with E-state index >= 15 is 4.39 Å². The van der Waals surface area contributed by atoms with Gasteiger partial charge in [0.25, 0.3) is 0 Å². The zero-order chi connectivity index (χ0) is 31.5. The summed E-state index contributed by atoms with van der Waals surface area (Å²) < 4.78 is 33.0. The largest absolute Gasteiger partial charge is 0.444 e. The van der Waals surface area contributed by atoms with Crippen molar-refractivity contribution in [1.29, 1.82) is 0 Å². The maximum absolute atomic E-state index is 15.4. The fourth-order valence-corrected chi connectivity index (χ4v) is 4.54. The summed E-state index contributed by atoms with van der Waals surface area (Å²) in [5.41, 5.74) is -0.0345. The molecule has 2 aromatic rings. The fourth-order valence-electron chi connectivity index (χ4n) is 4.54. The maximum Gasteiger partial charge on any atom is 0.437 e. The van der Waals surface area contributed by atoms with Gasteiger partial charge in [-0.3, -0.25) is 10.2 Å². The van der Waals surface area contributed by atoms with Crippen molar-refractivity contribution in [1.82, 2.24) is 25.2 Å². The van der Waals surface area contributed by atoms with Gasteiger partial charge in [-0.25, -0.2) is 23.5 Å². The molecule has 15 heteroatoms. The molecule has 0 radical (unpaired) electrons. The van der Waals surface area contributed by atoms with Crippen LogP contribution in [0.2, 0.25) is 0 Å². The number of aromatic nitrogens is 3. The lowest BCUT2D eigenvalue weighted by atomic mass is 10.2. The van der Waals surface area contributed by atoms with Gasteiger partial charge in [0.05, 0.1) is 30.2 Å². The number of aryl methyl sites for hydroxylation is 1. The van der Waals surface area contributed by atoms with Gasteiger partial charge >= 0.3 is 18.3 Å². The number of carbonyl (C=O) groups is 3. The fraction of sp³-hybridized carbons (Fsp3) is 0.571. The van der Waals surface area contributed by atoms with Crippen molar-refractivity contribution in [3.05, 3.63) is 35.9 Å². The minimum Gasteiger partial charge on any atom is -0.444 e. The minimum atomic E-state index is -0.860. The lowest BCUT2D eigenvalue weighted by Gasteiger charge is -2.37. The first-order chi connectivity index (χ1) is 20.1. The molecule has 2 saturated heterocycles. The molecule has 2 aliphatic heterocycles. The van der Waals surface area contributed by atoms with Crippen molar-refractivity contribution in [3.8, 4) is 0 Å². The summed E-state index contributed by atoms with van der Waals surface area (Å²) in [6.45, 7) is 14.1. The summed E-state index contributed by atoms with van der Waals surface area (Å²) in [6, 6.07) is 4.61. The van der Waals surface area contributed by atoms with Crippen LogP contribution in [0.3, 0.4) is 0 Å². The predicted molar refractivity (Wildman–Crippen MR) is 156 cm³/mol. The monoisotopic (exact) mass is 602 g/mol. The molecule has 1 aromatic carbocycles. The molecule has 0 spiro atoms. The first-order valence-corrected chi connectivity index (χ1v) is 14.0. The summed E-state index contributed by atoms with van der Waals surface area (Å²) in [5.74, 6) is -0.509. The van der Waals surface area contributed by atoms with Crippen LogP contribution < -0.4 is 15.1 Å². The highest BCUT2D eigenvalue weighted by atomic mass is 19.1. The molecule has 234 valence electrons. The standard InChI is InChI=1S/C28H39FN8O6/c1-18-15-36(33-32-18)16-20-17-37(26(40)41-20)19-8-9-22(21(29)14-19)34-10-12-35(13-11-34)23(30-24(38)42-27(2,3)4)31-25(39)43-28(5,6)7/h8-9,14-15,20H,10-13,16-17H2,1-7H3,(H,30,31,38,39)/t20-/m0/s1. The van der Waals surface area contributed by atoms with Gasteiger partial charge in [0.15, 0.2) is 0 Å². The second kappa shape index (κ2) is 12.4. The van der Waals surface area contributed by atoms with Crippen LogP contribution in [0.4, 0.5) is 30.1 Å². The van der Waals surface area contributed by atoms with Crippen LogP contribution in [0.5, 0.6) is 0 Å². The number of rotatable bonds is 4. The van der Waals surface area contributed by atoms with E-state index < -0.39 is 41.4 Å². The van der Waals surface area contributed by atoms with E-state index in [-0.39, 0.29) is 12.5 Å². The zero-order valence-electron chi connectivity index (χ0n) is 25.6. The number of piperazine rings is 1. The van der Waals surface area contributed by atoms with Crippen molar-refractivity contribution < 1.29 is 33.0 Å². The van der Waals surface area contributed by atoms with E-state index in [4.69, 9.17) is 14.2 Å². The number of nitrogens with one attached hydrogen (secondary N) is 1. The number of cyclic esters (lactones) is 1. The summed E-state index contributed by atoms with van der Waals surface area (Å²) in [5, 5.41) is 10.5. The van der Waals surface area contributed by atoms with E-state index in [1.807, 2.05) is 11.8 Å². The SMILES string of the molecule is Cc1cn(C[C@H]2CN(c3ccc(N4CCN(/C(=N/C(=O)OC(C)(C)C)NC(=O)OC(C)(C)C)CC4)c(F)c3)C(=O)O2)nn1. The van der Waals surface area contributed by atoms with Gasteiger partial charge < -0.3 is 24.0 Å². The van der Waals surface area contributed by atoms with Crippen LogP contribution in [-0.4, -0.2) is 94.2 Å². The average molecular weight is 603 g/mol. The zero-order valence-corrected chi connectivity index (χ0v) is 25.6. The van der Waals surface area contributed by atoms with E-state index in [9.17, 15) is 14.4 Å². The first-order valence-electron chi connectivity index (χ1n) is 14.0. The quantitative estimate of drug-likeness (QED) is 0.313. The average Bonchev–Trinajstić information content (AvgIpc) is 3.45. The molecule has 2 aliphatic rings. The Morgan fingerprint density at radius 1 is 1.09 bits per heavy atom. The number of aliphatic imine (C=N–C) groups is 1. The van der Waals surface area contributed by atoms with Crippen LogP contribution >= 0.6 is 0 Å².